The smallest absolute Gasteiger partial charge is 0.328 e. The lowest BCUT2D eigenvalue weighted by atomic mass is 9.99. The molecule has 182 valence electrons. The zero-order valence-electron chi connectivity index (χ0n) is 19.2. The Hall–Kier alpha value is -1.71. The van der Waals surface area contributed by atoms with Crippen LogP contribution in [0.15, 0.2) is 0 Å². The molecule has 0 radical (unpaired) electrons. The number of nitrogens with one attached hydrogen (secondary N) is 1. The summed E-state index contributed by atoms with van der Waals surface area (Å²) in [5.41, 5.74) is 0. The number of unbranched alkanes of at least 4 members (excludes halogenated alkanes) is 8. The third-order valence-corrected chi connectivity index (χ3v) is 6.68. The second-order valence-electron chi connectivity index (χ2n) is 9.40. The van der Waals surface area contributed by atoms with Gasteiger partial charge in [0.15, 0.2) is 5.78 Å². The van der Waals surface area contributed by atoms with Crippen LogP contribution in [-0.2, 0) is 9.53 Å². The molecule has 0 aromatic carbocycles. The fourth-order valence-electron chi connectivity index (χ4n) is 4.51. The van der Waals surface area contributed by atoms with Gasteiger partial charge in [0, 0.05) is 18.9 Å². The number of aliphatic hydroxyl groups excluding tert-OH is 2. The molecule has 1 saturated carbocycles. The summed E-state index contributed by atoms with van der Waals surface area (Å²) >= 11 is 0. The summed E-state index contributed by atoms with van der Waals surface area (Å²) in [5.74, 6) is -0.337. The Morgan fingerprint density at radius 2 is 1.62 bits per heavy atom. The molecular weight excluding hydrogens is 414 g/mol. The highest BCUT2D eigenvalue weighted by Gasteiger charge is 2.47. The molecule has 1 aliphatic carbocycles. The van der Waals surface area contributed by atoms with Gasteiger partial charge < -0.3 is 19.8 Å². The third-order valence-electron chi connectivity index (χ3n) is 6.68. The van der Waals surface area contributed by atoms with E-state index in [1.54, 1.807) is 4.90 Å². The van der Waals surface area contributed by atoms with E-state index in [1.807, 2.05) is 0 Å². The summed E-state index contributed by atoms with van der Waals surface area (Å²) < 4.78 is 5.75. The number of urea groups is 2. The highest BCUT2D eigenvalue weighted by atomic mass is 16.5. The molecule has 2 aliphatic heterocycles. The van der Waals surface area contributed by atoms with Gasteiger partial charge in [-0.1, -0.05) is 58.3 Å². The average Bonchev–Trinajstić information content (AvgIpc) is 3.53. The maximum atomic E-state index is 12.4. The molecule has 1 unspecified atom stereocenters. The molecule has 2 heterocycles. The molecule has 3 fully saturated rings. The number of aliphatic hydroxyl groups is 2. The summed E-state index contributed by atoms with van der Waals surface area (Å²) in [7, 11) is 0. The Bertz CT molecular complexity index is 656. The van der Waals surface area contributed by atoms with Crippen molar-refractivity contribution in [2.24, 2.45) is 0 Å². The third kappa shape index (κ3) is 6.65. The van der Waals surface area contributed by atoms with Gasteiger partial charge in [0.1, 0.15) is 25.1 Å². The van der Waals surface area contributed by atoms with Crippen molar-refractivity contribution in [3.63, 3.8) is 0 Å². The molecule has 0 spiro atoms. The van der Waals surface area contributed by atoms with E-state index in [0.29, 0.717) is 6.42 Å². The van der Waals surface area contributed by atoms with Crippen molar-refractivity contribution in [3.8, 4) is 0 Å². The van der Waals surface area contributed by atoms with Gasteiger partial charge in [-0.25, -0.2) is 9.59 Å². The molecule has 3 rings (SSSR count). The highest BCUT2D eigenvalue weighted by molar-refractivity contribution is 5.95. The van der Waals surface area contributed by atoms with Gasteiger partial charge in [-0.3, -0.25) is 15.0 Å². The van der Waals surface area contributed by atoms with Crippen molar-refractivity contribution >= 4 is 17.8 Å². The monoisotopic (exact) mass is 453 g/mol. The van der Waals surface area contributed by atoms with Crippen molar-refractivity contribution in [2.75, 3.05) is 6.67 Å². The van der Waals surface area contributed by atoms with Crippen molar-refractivity contribution in [2.45, 2.75) is 121 Å². The predicted molar refractivity (Wildman–Crippen MR) is 118 cm³/mol. The zero-order chi connectivity index (χ0) is 23.1. The number of rotatable bonds is 14. The molecule has 2 saturated heterocycles. The number of ether oxygens (including phenoxy) is 1. The number of Topliss-reactive ketones (excluding diaryl/α,β-unsaturated/α-hetero) is 1. The van der Waals surface area contributed by atoms with E-state index >= 15 is 0 Å². The Morgan fingerprint density at radius 1 is 1.03 bits per heavy atom. The number of carbonyl (C=O) groups is 3. The minimum atomic E-state index is -1.42. The minimum Gasteiger partial charge on any atom is -0.390 e. The molecular formula is C23H39N3O6. The van der Waals surface area contributed by atoms with Gasteiger partial charge in [0.05, 0.1) is 6.10 Å². The van der Waals surface area contributed by atoms with Gasteiger partial charge in [-0.05, 0) is 19.3 Å². The van der Waals surface area contributed by atoms with Crippen molar-refractivity contribution in [3.05, 3.63) is 0 Å². The largest absolute Gasteiger partial charge is 0.390 e. The molecule has 3 N–H and O–H groups in total. The SMILES string of the molecule is CCCCCCCCCCCC(=O)C(O)[C@H]1O[C@@H](N2CN(C3CC3)C(=O)NC2=O)C[C@@H]1O. The summed E-state index contributed by atoms with van der Waals surface area (Å²) in [4.78, 5) is 39.6. The maximum absolute atomic E-state index is 12.4. The van der Waals surface area contributed by atoms with Gasteiger partial charge >= 0.3 is 12.1 Å². The van der Waals surface area contributed by atoms with E-state index in [2.05, 4.69) is 12.2 Å². The molecule has 9 heteroatoms. The van der Waals surface area contributed by atoms with Gasteiger partial charge in [-0.2, -0.15) is 0 Å². The van der Waals surface area contributed by atoms with Crippen LogP contribution in [0, 0.1) is 0 Å². The predicted octanol–water partition coefficient (Wildman–Crippen LogP) is 2.88. The maximum Gasteiger partial charge on any atom is 0.328 e. The van der Waals surface area contributed by atoms with Gasteiger partial charge in [0.2, 0.25) is 0 Å². The van der Waals surface area contributed by atoms with Crippen LogP contribution in [0.25, 0.3) is 0 Å². The first-order valence-corrected chi connectivity index (χ1v) is 12.3. The van der Waals surface area contributed by atoms with Crippen LogP contribution < -0.4 is 5.32 Å². The summed E-state index contributed by atoms with van der Waals surface area (Å²) in [6, 6.07) is -0.878. The van der Waals surface area contributed by atoms with Crippen LogP contribution in [0.4, 0.5) is 9.59 Å². The van der Waals surface area contributed by atoms with Crippen LogP contribution in [-0.4, -0.2) is 75.1 Å². The second kappa shape index (κ2) is 12.0. The first-order chi connectivity index (χ1) is 15.4. The van der Waals surface area contributed by atoms with E-state index in [1.165, 1.54) is 43.4 Å². The quantitative estimate of drug-likeness (QED) is 0.348. The zero-order valence-corrected chi connectivity index (χ0v) is 19.2. The minimum absolute atomic E-state index is 0.0852. The fraction of sp³-hybridized carbons (Fsp3) is 0.870. The first-order valence-electron chi connectivity index (χ1n) is 12.3. The lowest BCUT2D eigenvalue weighted by Gasteiger charge is -2.38. The van der Waals surface area contributed by atoms with Gasteiger partial charge in [-0.15, -0.1) is 0 Å². The Balaban J connectivity index is 1.38. The average molecular weight is 454 g/mol. The Morgan fingerprint density at radius 3 is 2.25 bits per heavy atom. The topological polar surface area (TPSA) is 119 Å². The van der Waals surface area contributed by atoms with E-state index in [0.717, 1.165) is 25.7 Å². The van der Waals surface area contributed by atoms with E-state index in [9.17, 15) is 24.6 Å². The van der Waals surface area contributed by atoms with Crippen LogP contribution in [0.2, 0.25) is 0 Å². The fourth-order valence-corrected chi connectivity index (χ4v) is 4.51. The molecule has 9 nitrogen and oxygen atoms in total. The van der Waals surface area contributed by atoms with Crippen molar-refractivity contribution in [1.29, 1.82) is 0 Å². The van der Waals surface area contributed by atoms with Crippen molar-refractivity contribution in [1.82, 2.24) is 15.1 Å². The van der Waals surface area contributed by atoms with Crippen LogP contribution in [0.1, 0.15) is 90.4 Å². The number of imide groups is 1. The number of amides is 4. The van der Waals surface area contributed by atoms with Crippen LogP contribution >= 0.6 is 0 Å². The highest BCUT2D eigenvalue weighted by Crippen LogP contribution is 2.32. The number of hydrogen-bond donors (Lipinski definition) is 3. The lowest BCUT2D eigenvalue weighted by molar-refractivity contribution is -0.144. The van der Waals surface area contributed by atoms with Crippen LogP contribution in [0.5, 0.6) is 0 Å². The molecule has 4 atom stereocenters. The molecule has 0 aromatic heterocycles. The van der Waals surface area contributed by atoms with Gasteiger partial charge in [0.25, 0.3) is 0 Å². The first kappa shape index (κ1) is 24.9. The van der Waals surface area contributed by atoms with E-state index in [-0.39, 0.29) is 31.3 Å². The Kier molecular flexibility index (Phi) is 9.31. The van der Waals surface area contributed by atoms with Crippen LogP contribution in [0.3, 0.4) is 0 Å². The molecule has 0 aromatic rings. The van der Waals surface area contributed by atoms with E-state index in [4.69, 9.17) is 4.74 Å². The summed E-state index contributed by atoms with van der Waals surface area (Å²) in [6.07, 6.45) is 8.06. The number of hydrogen-bond acceptors (Lipinski definition) is 6. The number of nitrogens with zero attached hydrogens (tertiary/aromatic N) is 2. The van der Waals surface area contributed by atoms with E-state index < -0.39 is 36.6 Å². The molecule has 32 heavy (non-hydrogen) atoms. The lowest BCUT2D eigenvalue weighted by Crippen LogP contribution is -2.62. The second-order valence-corrected chi connectivity index (χ2v) is 9.40. The number of carbonyl (C=O) groups excluding carboxylic acids is 3. The van der Waals surface area contributed by atoms with Crippen molar-refractivity contribution < 1.29 is 29.3 Å². The normalized spacial score (nSPS) is 27.0. The molecule has 4 amide bonds. The molecule has 3 aliphatic rings. The standard InChI is InChI=1S/C23H39N3O6/c1-2-3-4-5-6-7-8-9-10-11-17(27)20(29)21-18(28)14-19(32-21)26-15-25(16-12-13-16)22(30)24-23(26)31/h16,18-21,28-29H,2-15H2,1H3,(H,24,30,31)/t18-,19+,20?,21-/m0/s1. The summed E-state index contributed by atoms with van der Waals surface area (Å²) in [5, 5.41) is 23.2. The summed E-state index contributed by atoms with van der Waals surface area (Å²) in [6.45, 7) is 2.29. The molecule has 0 bridgehead atoms. The Labute approximate surface area is 190 Å². The number of ketones is 1.